The largest absolute Gasteiger partial charge is 0.506 e. The van der Waals surface area contributed by atoms with Gasteiger partial charge in [0.15, 0.2) is 11.9 Å². The number of carbonyl (C=O) groups is 2. The van der Waals surface area contributed by atoms with E-state index in [0.717, 1.165) is 0 Å². The Labute approximate surface area is 125 Å². The molecule has 0 unspecified atom stereocenters. The van der Waals surface area contributed by atoms with Gasteiger partial charge < -0.3 is 40.5 Å². The van der Waals surface area contributed by atoms with Crippen LogP contribution in [0.25, 0.3) is 0 Å². The average Bonchev–Trinajstić information content (AvgIpc) is 2.48. The second-order valence-electron chi connectivity index (χ2n) is 5.23. The fraction of sp³-hybridized carbons (Fsp3) is 0.667. The highest BCUT2D eigenvalue weighted by Crippen LogP contribution is 2.22. The normalized spacial score (nSPS) is 17.2. The van der Waals surface area contributed by atoms with Crippen molar-refractivity contribution >= 4 is 11.9 Å². The Bertz CT molecular complexity index is 441. The molecule has 0 aromatic carbocycles. The molecular weight excluding hydrogens is 304 g/mol. The Balaban J connectivity index is 4.89. The van der Waals surface area contributed by atoms with Crippen molar-refractivity contribution in [2.45, 2.75) is 32.2 Å². The number of aliphatic hydroxyl groups is 6. The van der Waals surface area contributed by atoms with Crippen molar-refractivity contribution < 1.29 is 50.1 Å². The summed E-state index contributed by atoms with van der Waals surface area (Å²) in [4.78, 5) is 22.1. The number of carbonyl (C=O) groups excluding carboxylic acids is 1. The maximum Gasteiger partial charge on any atom is 0.377 e. The van der Waals surface area contributed by atoms with Crippen molar-refractivity contribution in [3.05, 3.63) is 11.5 Å². The third-order valence-electron chi connectivity index (χ3n) is 2.82. The molecule has 0 saturated carbocycles. The Morgan fingerprint density at radius 2 is 1.59 bits per heavy atom. The molecule has 0 bridgehead atoms. The highest BCUT2D eigenvalue weighted by atomic mass is 16.5. The number of esters is 1. The first-order valence-electron chi connectivity index (χ1n) is 6.12. The van der Waals surface area contributed by atoms with Crippen molar-refractivity contribution in [1.82, 2.24) is 0 Å². The van der Waals surface area contributed by atoms with Gasteiger partial charge in [0.1, 0.15) is 12.2 Å². The minimum Gasteiger partial charge on any atom is -0.506 e. The van der Waals surface area contributed by atoms with Crippen LogP contribution >= 0.6 is 0 Å². The third-order valence-corrected chi connectivity index (χ3v) is 2.82. The molecule has 0 aliphatic carbocycles. The van der Waals surface area contributed by atoms with E-state index in [-0.39, 0.29) is 0 Å². The lowest BCUT2D eigenvalue weighted by Crippen LogP contribution is -2.40. The fourth-order valence-electron chi connectivity index (χ4n) is 1.26. The summed E-state index contributed by atoms with van der Waals surface area (Å²) in [5, 5.41) is 63.7. The van der Waals surface area contributed by atoms with Gasteiger partial charge in [0.05, 0.1) is 13.2 Å². The van der Waals surface area contributed by atoms with E-state index in [4.69, 9.17) is 15.3 Å². The molecule has 10 heteroatoms. The molecule has 0 aromatic rings. The molecule has 0 rings (SSSR count). The lowest BCUT2D eigenvalue weighted by molar-refractivity contribution is -0.161. The van der Waals surface area contributed by atoms with Crippen molar-refractivity contribution in [2.24, 2.45) is 5.41 Å². The van der Waals surface area contributed by atoms with Crippen LogP contribution in [-0.4, -0.2) is 79.2 Å². The number of carboxylic acids is 1. The quantitative estimate of drug-likeness (QED) is 0.150. The van der Waals surface area contributed by atoms with Crippen molar-refractivity contribution in [3.8, 4) is 0 Å². The fourth-order valence-corrected chi connectivity index (χ4v) is 1.26. The molecule has 0 aliphatic rings. The Kier molecular flexibility index (Phi) is 7.26. The van der Waals surface area contributed by atoms with E-state index >= 15 is 0 Å². The monoisotopic (exact) mass is 324 g/mol. The SMILES string of the molecule is CC(C)(COC(=O)/C(O)=C(/O)[C@H](O)[C@H](O)CO)[C@@H](O)C(=O)O. The molecule has 0 aliphatic heterocycles. The van der Waals surface area contributed by atoms with Gasteiger partial charge in [0, 0.05) is 5.41 Å². The van der Waals surface area contributed by atoms with Crippen LogP contribution in [0.3, 0.4) is 0 Å². The summed E-state index contributed by atoms with van der Waals surface area (Å²) < 4.78 is 4.54. The second kappa shape index (κ2) is 7.94. The topological polar surface area (TPSA) is 185 Å². The summed E-state index contributed by atoms with van der Waals surface area (Å²) in [5.74, 6) is -5.78. The molecule has 10 nitrogen and oxygen atoms in total. The first-order chi connectivity index (χ1) is 9.95. The Morgan fingerprint density at radius 1 is 1.09 bits per heavy atom. The van der Waals surface area contributed by atoms with Gasteiger partial charge in [-0.05, 0) is 0 Å². The molecule has 0 spiro atoms. The Hall–Kier alpha value is -1.88. The van der Waals surface area contributed by atoms with Gasteiger partial charge in [-0.3, -0.25) is 0 Å². The molecule has 128 valence electrons. The summed E-state index contributed by atoms with van der Waals surface area (Å²) in [5.41, 5.74) is -1.39. The van der Waals surface area contributed by atoms with Gasteiger partial charge in [0.25, 0.3) is 0 Å². The number of hydrogen-bond acceptors (Lipinski definition) is 9. The predicted octanol–water partition coefficient (Wildman–Crippen LogP) is -1.96. The smallest absolute Gasteiger partial charge is 0.377 e. The van der Waals surface area contributed by atoms with Crippen LogP contribution in [0.15, 0.2) is 11.5 Å². The zero-order valence-electron chi connectivity index (χ0n) is 12.0. The molecule has 0 saturated heterocycles. The van der Waals surface area contributed by atoms with Gasteiger partial charge in [-0.25, -0.2) is 9.59 Å². The van der Waals surface area contributed by atoms with E-state index < -0.39 is 60.4 Å². The van der Waals surface area contributed by atoms with Crippen molar-refractivity contribution in [3.63, 3.8) is 0 Å². The highest BCUT2D eigenvalue weighted by Gasteiger charge is 2.36. The summed E-state index contributed by atoms with van der Waals surface area (Å²) in [7, 11) is 0. The molecule has 0 radical (unpaired) electrons. The molecule has 0 fully saturated rings. The van der Waals surface area contributed by atoms with Crippen LogP contribution in [0, 0.1) is 5.41 Å². The van der Waals surface area contributed by atoms with E-state index in [2.05, 4.69) is 4.74 Å². The van der Waals surface area contributed by atoms with Crippen molar-refractivity contribution in [1.29, 1.82) is 0 Å². The zero-order valence-corrected chi connectivity index (χ0v) is 12.0. The Morgan fingerprint density at radius 3 is 2.00 bits per heavy atom. The lowest BCUT2D eigenvalue weighted by Gasteiger charge is -2.26. The highest BCUT2D eigenvalue weighted by molar-refractivity contribution is 5.86. The van der Waals surface area contributed by atoms with E-state index in [1.807, 2.05) is 0 Å². The van der Waals surface area contributed by atoms with Crippen LogP contribution < -0.4 is 0 Å². The van der Waals surface area contributed by atoms with E-state index in [1.165, 1.54) is 13.8 Å². The minimum absolute atomic E-state index is 0.616. The number of carboxylic acid groups (broad SMARTS) is 1. The van der Waals surface area contributed by atoms with Crippen LogP contribution in [0.4, 0.5) is 0 Å². The standard InChI is InChI=1S/C12H20O10/c1-12(2,9(18)10(19)20)4-22-11(21)8(17)7(16)6(15)5(14)3-13/h5-6,9,13-18H,3-4H2,1-2H3,(H,19,20)/b8-7-/t5-,6-,9+/m1/s1. The molecular formula is C12H20O10. The number of aliphatic hydroxyl groups excluding tert-OH is 6. The first-order valence-corrected chi connectivity index (χ1v) is 6.12. The van der Waals surface area contributed by atoms with Crippen LogP contribution in [0.1, 0.15) is 13.8 Å². The molecule has 0 aromatic heterocycles. The van der Waals surface area contributed by atoms with Crippen LogP contribution in [0.5, 0.6) is 0 Å². The summed E-state index contributed by atoms with van der Waals surface area (Å²) in [6.45, 7) is 1.01. The second-order valence-corrected chi connectivity index (χ2v) is 5.23. The molecule has 3 atom stereocenters. The summed E-state index contributed by atoms with van der Waals surface area (Å²) >= 11 is 0. The zero-order chi connectivity index (χ0) is 17.7. The van der Waals surface area contributed by atoms with Gasteiger partial charge in [-0.1, -0.05) is 13.8 Å². The predicted molar refractivity (Wildman–Crippen MR) is 69.8 cm³/mol. The van der Waals surface area contributed by atoms with Gasteiger partial charge >= 0.3 is 11.9 Å². The number of hydrogen-bond donors (Lipinski definition) is 7. The summed E-state index contributed by atoms with van der Waals surface area (Å²) in [6.07, 6.45) is -5.79. The molecule has 22 heavy (non-hydrogen) atoms. The molecule has 7 N–H and O–H groups in total. The van der Waals surface area contributed by atoms with Crippen molar-refractivity contribution in [2.75, 3.05) is 13.2 Å². The van der Waals surface area contributed by atoms with E-state index in [1.54, 1.807) is 0 Å². The van der Waals surface area contributed by atoms with Crippen LogP contribution in [0.2, 0.25) is 0 Å². The third kappa shape index (κ3) is 5.15. The number of rotatable bonds is 8. The van der Waals surface area contributed by atoms with Crippen LogP contribution in [-0.2, 0) is 14.3 Å². The number of aliphatic carboxylic acids is 1. The first kappa shape index (κ1) is 20.1. The summed E-state index contributed by atoms with van der Waals surface area (Å²) in [6, 6.07) is 0. The maximum absolute atomic E-state index is 11.5. The molecule has 0 amide bonds. The van der Waals surface area contributed by atoms with Gasteiger partial charge in [-0.15, -0.1) is 0 Å². The number of ether oxygens (including phenoxy) is 1. The van der Waals surface area contributed by atoms with E-state index in [0.29, 0.717) is 0 Å². The average molecular weight is 324 g/mol. The molecule has 0 heterocycles. The lowest BCUT2D eigenvalue weighted by atomic mass is 9.87. The van der Waals surface area contributed by atoms with Gasteiger partial charge in [0.2, 0.25) is 5.76 Å². The van der Waals surface area contributed by atoms with Gasteiger partial charge in [-0.2, -0.15) is 0 Å². The van der Waals surface area contributed by atoms with E-state index in [9.17, 15) is 30.0 Å². The maximum atomic E-state index is 11.5. The minimum atomic E-state index is -2.12.